The number of likely N-dealkylation sites (N-methyl/N-ethyl adjacent to an activating group) is 2. The van der Waals surface area contributed by atoms with Crippen LogP contribution in [0.3, 0.4) is 0 Å². The summed E-state index contributed by atoms with van der Waals surface area (Å²) < 4.78 is 12.4. The van der Waals surface area contributed by atoms with E-state index in [0.717, 1.165) is 35.1 Å². The second-order valence-electron chi connectivity index (χ2n) is 10.5. The maximum absolute atomic E-state index is 12.0. The van der Waals surface area contributed by atoms with Crippen LogP contribution in [0, 0.1) is 0 Å². The first-order valence-electron chi connectivity index (χ1n) is 13.1. The van der Waals surface area contributed by atoms with Crippen molar-refractivity contribution in [1.82, 2.24) is 0 Å². The van der Waals surface area contributed by atoms with E-state index in [1.807, 2.05) is 0 Å². The van der Waals surface area contributed by atoms with E-state index >= 15 is 0 Å². The van der Waals surface area contributed by atoms with Gasteiger partial charge in [0.2, 0.25) is 0 Å². The van der Waals surface area contributed by atoms with Crippen molar-refractivity contribution in [2.24, 2.45) is 0 Å². The van der Waals surface area contributed by atoms with Crippen LogP contribution in [0.15, 0.2) is 0 Å². The van der Waals surface area contributed by atoms with Gasteiger partial charge in [-0.2, -0.15) is 0 Å². The highest BCUT2D eigenvalue weighted by atomic mass is 127. The molecule has 0 rings (SSSR count). The summed E-state index contributed by atoms with van der Waals surface area (Å²) in [5.41, 5.74) is 0. The van der Waals surface area contributed by atoms with Crippen LogP contribution >= 0.6 is 0 Å². The summed E-state index contributed by atoms with van der Waals surface area (Å²) in [6.45, 7) is 9.06. The molecule has 6 nitrogen and oxygen atoms in total. The Balaban J connectivity index is -0.00000480. The molecule has 0 aliphatic carbocycles. The topological polar surface area (TPSA) is 52.6 Å². The molecule has 0 aromatic carbocycles. The van der Waals surface area contributed by atoms with E-state index in [4.69, 9.17) is 9.47 Å². The van der Waals surface area contributed by atoms with Crippen LogP contribution in [-0.2, 0) is 19.1 Å². The number of hydrogen-bond donors (Lipinski definition) is 0. The summed E-state index contributed by atoms with van der Waals surface area (Å²) in [4.78, 5) is 23.9. The number of hydrogen-bond acceptors (Lipinski definition) is 4. The highest BCUT2D eigenvalue weighted by Crippen LogP contribution is 2.08. The first-order chi connectivity index (χ1) is 15.1. The fourth-order valence-electron chi connectivity index (χ4n) is 3.67. The first kappa shape index (κ1) is 38.8. The lowest BCUT2D eigenvalue weighted by atomic mass is 10.1. The quantitative estimate of drug-likeness (QED) is 0.0661. The molecule has 0 saturated carbocycles. The van der Waals surface area contributed by atoms with Crippen molar-refractivity contribution in [3.8, 4) is 0 Å². The number of carbonyl (C=O) groups excluding carboxylic acids is 2. The number of carbonyl (C=O) groups is 2. The van der Waals surface area contributed by atoms with Gasteiger partial charge in [0.25, 0.3) is 0 Å². The Bertz CT molecular complexity index is 459. The molecule has 0 N–H and O–H groups in total. The predicted molar refractivity (Wildman–Crippen MR) is 132 cm³/mol. The third kappa shape index (κ3) is 25.4. The lowest BCUT2D eigenvalue weighted by Gasteiger charge is -2.29. The molecule has 206 valence electrons. The van der Waals surface area contributed by atoms with Crippen molar-refractivity contribution >= 4 is 11.9 Å². The smallest absolute Gasteiger partial charge is 0.306 e. The molecule has 0 saturated heterocycles. The molecule has 0 atom stereocenters. The molecule has 0 aromatic heterocycles. The van der Waals surface area contributed by atoms with Gasteiger partial charge in [-0.1, -0.05) is 52.4 Å². The van der Waals surface area contributed by atoms with Crippen molar-refractivity contribution < 1.29 is 76.0 Å². The van der Waals surface area contributed by atoms with Gasteiger partial charge in [-0.3, -0.25) is 9.59 Å². The number of esters is 2. The molecule has 0 fully saturated rings. The van der Waals surface area contributed by atoms with Crippen LogP contribution in [-0.4, -0.2) is 88.5 Å². The number of rotatable bonds is 21. The minimum Gasteiger partial charge on any atom is -1.00 e. The maximum Gasteiger partial charge on any atom is 0.306 e. The highest BCUT2D eigenvalue weighted by Gasteiger charge is 2.18. The Morgan fingerprint density at radius 1 is 0.529 bits per heavy atom. The summed E-state index contributed by atoms with van der Waals surface area (Å²) in [6.07, 6.45) is 12.9. The maximum atomic E-state index is 12.0. The normalized spacial score (nSPS) is 11.4. The van der Waals surface area contributed by atoms with E-state index in [1.54, 1.807) is 0 Å². The zero-order valence-corrected chi connectivity index (χ0v) is 27.3. The van der Waals surface area contributed by atoms with Gasteiger partial charge in [0, 0.05) is 0 Å². The van der Waals surface area contributed by atoms with E-state index in [-0.39, 0.29) is 72.7 Å². The third-order valence-electron chi connectivity index (χ3n) is 6.19. The average Bonchev–Trinajstić information content (AvgIpc) is 2.71. The minimum absolute atomic E-state index is 0. The Morgan fingerprint density at radius 2 is 0.853 bits per heavy atom. The second kappa shape index (κ2) is 23.7. The largest absolute Gasteiger partial charge is 1.00 e. The van der Waals surface area contributed by atoms with Gasteiger partial charge in [-0.25, -0.2) is 0 Å². The lowest BCUT2D eigenvalue weighted by molar-refractivity contribution is -0.890. The van der Waals surface area contributed by atoms with E-state index in [0.29, 0.717) is 13.2 Å². The summed E-state index contributed by atoms with van der Waals surface area (Å²) >= 11 is 0. The molecular formula is C26H54I2N2O4. The Kier molecular flexibility index (Phi) is 27.1. The van der Waals surface area contributed by atoms with E-state index in [9.17, 15) is 9.59 Å². The molecule has 0 unspecified atom stereocenters. The van der Waals surface area contributed by atoms with Crippen LogP contribution in [0.2, 0.25) is 0 Å². The van der Waals surface area contributed by atoms with Crippen LogP contribution in [0.4, 0.5) is 0 Å². The van der Waals surface area contributed by atoms with Crippen LogP contribution in [0.25, 0.3) is 0 Å². The van der Waals surface area contributed by atoms with Gasteiger partial charge < -0.3 is 66.4 Å². The summed E-state index contributed by atoms with van der Waals surface area (Å²) in [5.74, 6) is -0.624. The standard InChI is InChI=1S/C26H54N2O4.2HI/c1-7-9-11-13-15-19-27(3,4)21-23-31-25(29)17-18-26(30)32-24-22-28(5,6)20-16-14-12-10-8-2;;/h7-24H2,1-6H3;2*1H/q+2;;/p-2. The SMILES string of the molecule is CCCCCCC[N+](C)(C)CCOC(=O)CCC(=O)OCC[N+](C)(C)CCCCCCC.[I-].[I-]. The number of nitrogens with zero attached hydrogens (tertiary/aromatic N) is 2. The molecule has 34 heavy (non-hydrogen) atoms. The fourth-order valence-corrected chi connectivity index (χ4v) is 3.67. The zero-order chi connectivity index (χ0) is 24.3. The summed E-state index contributed by atoms with van der Waals surface area (Å²) in [7, 11) is 8.71. The Morgan fingerprint density at radius 3 is 1.18 bits per heavy atom. The van der Waals surface area contributed by atoms with E-state index in [1.165, 1.54) is 64.2 Å². The minimum atomic E-state index is -0.312. The fraction of sp³-hybridized carbons (Fsp3) is 0.923. The Labute approximate surface area is 245 Å². The predicted octanol–water partition coefficient (Wildman–Crippen LogP) is -1.05. The lowest BCUT2D eigenvalue weighted by Crippen LogP contribution is -3.00. The van der Waals surface area contributed by atoms with Crippen LogP contribution < -0.4 is 48.0 Å². The number of ether oxygens (including phenoxy) is 2. The van der Waals surface area contributed by atoms with Gasteiger partial charge in [0.05, 0.1) is 54.1 Å². The number of quaternary nitrogens is 2. The number of unbranched alkanes of at least 4 members (excludes halogenated alkanes) is 8. The van der Waals surface area contributed by atoms with Crippen molar-refractivity contribution in [3.05, 3.63) is 0 Å². The monoisotopic (exact) mass is 712 g/mol. The van der Waals surface area contributed by atoms with Crippen molar-refractivity contribution in [3.63, 3.8) is 0 Å². The summed E-state index contributed by atoms with van der Waals surface area (Å²) in [6, 6.07) is 0. The summed E-state index contributed by atoms with van der Waals surface area (Å²) in [5, 5.41) is 0. The molecule has 0 aliphatic rings. The second-order valence-corrected chi connectivity index (χ2v) is 10.5. The molecule has 8 heteroatoms. The van der Waals surface area contributed by atoms with Gasteiger partial charge in [-0.05, 0) is 25.7 Å². The Hall–Kier alpha value is 0.320. The molecular weight excluding hydrogens is 658 g/mol. The average molecular weight is 713 g/mol. The van der Waals surface area contributed by atoms with Crippen LogP contribution in [0.5, 0.6) is 0 Å². The number of halogens is 2. The molecule has 0 amide bonds. The molecule has 0 spiro atoms. The van der Waals surface area contributed by atoms with Crippen LogP contribution in [0.1, 0.15) is 90.9 Å². The first-order valence-corrected chi connectivity index (χ1v) is 13.1. The van der Waals surface area contributed by atoms with Gasteiger partial charge in [-0.15, -0.1) is 0 Å². The van der Waals surface area contributed by atoms with Crippen molar-refractivity contribution in [2.75, 3.05) is 67.6 Å². The van der Waals surface area contributed by atoms with Gasteiger partial charge in [0.15, 0.2) is 0 Å². The van der Waals surface area contributed by atoms with Gasteiger partial charge >= 0.3 is 11.9 Å². The molecule has 0 heterocycles. The molecule has 0 aromatic rings. The zero-order valence-electron chi connectivity index (χ0n) is 23.0. The van der Waals surface area contributed by atoms with E-state index < -0.39 is 0 Å². The molecule has 0 bridgehead atoms. The van der Waals surface area contributed by atoms with Gasteiger partial charge in [0.1, 0.15) is 26.3 Å². The van der Waals surface area contributed by atoms with Crippen molar-refractivity contribution in [1.29, 1.82) is 0 Å². The van der Waals surface area contributed by atoms with E-state index in [2.05, 4.69) is 42.0 Å². The molecule has 0 aliphatic heterocycles. The highest BCUT2D eigenvalue weighted by molar-refractivity contribution is 5.77. The molecule has 0 radical (unpaired) electrons. The van der Waals surface area contributed by atoms with Crippen molar-refractivity contribution in [2.45, 2.75) is 90.9 Å². The third-order valence-corrected chi connectivity index (χ3v) is 6.19.